The Labute approximate surface area is 416 Å². The van der Waals surface area contributed by atoms with Gasteiger partial charge in [-0.25, -0.2) is 4.98 Å². The number of hydrogen-bond donors (Lipinski definition) is 12. The molecule has 72 heavy (non-hydrogen) atoms. The number of aromatic amines is 2. The van der Waals surface area contributed by atoms with Crippen LogP contribution in [0.4, 0.5) is 0 Å². The summed E-state index contributed by atoms with van der Waals surface area (Å²) < 4.78 is 0. The molecule has 0 aliphatic carbocycles. The molecule has 0 bridgehead atoms. The van der Waals surface area contributed by atoms with E-state index in [1.807, 2.05) is 24.3 Å². The summed E-state index contributed by atoms with van der Waals surface area (Å²) in [4.78, 5) is 142. The van der Waals surface area contributed by atoms with Gasteiger partial charge in [-0.15, -0.1) is 0 Å². The molecule has 0 fully saturated rings. The van der Waals surface area contributed by atoms with Gasteiger partial charge in [0.15, 0.2) is 0 Å². The first-order valence-corrected chi connectivity index (χ1v) is 23.6. The number of H-pyrrole nitrogens is 2. The van der Waals surface area contributed by atoms with Crippen molar-refractivity contribution < 1.29 is 47.9 Å². The van der Waals surface area contributed by atoms with Gasteiger partial charge in [0.05, 0.1) is 25.0 Å². The summed E-state index contributed by atoms with van der Waals surface area (Å²) in [6.07, 6.45) is 4.28. The Bertz CT molecular complexity index is 2560. The molecule has 0 aliphatic heterocycles. The molecule has 7 atom stereocenters. The van der Waals surface area contributed by atoms with Crippen molar-refractivity contribution in [2.75, 3.05) is 6.54 Å². The van der Waals surface area contributed by atoms with Crippen molar-refractivity contribution in [3.8, 4) is 0 Å². The Balaban J connectivity index is 1.48. The highest BCUT2D eigenvalue weighted by Crippen LogP contribution is 2.20. The zero-order valence-electron chi connectivity index (χ0n) is 41.3. The molecule has 9 amide bonds. The van der Waals surface area contributed by atoms with Crippen LogP contribution in [0, 0.1) is 11.8 Å². The second kappa shape index (κ2) is 26.3. The van der Waals surface area contributed by atoms with Gasteiger partial charge in [0.1, 0.15) is 29.7 Å². The highest BCUT2D eigenvalue weighted by molar-refractivity contribution is 6.38. The van der Waals surface area contributed by atoms with Crippen LogP contribution in [0.15, 0.2) is 73.3 Å². The number of nitrogens with two attached hydrogens (primary N) is 3. The molecule has 0 spiro atoms. The molecule has 2 aromatic heterocycles. The third-order valence-corrected chi connectivity index (χ3v) is 12.0. The molecule has 0 unspecified atom stereocenters. The summed E-state index contributed by atoms with van der Waals surface area (Å²) in [6.45, 7) is 8.78. The minimum absolute atomic E-state index is 0.100. The fourth-order valence-electron chi connectivity index (χ4n) is 7.56. The molecule has 23 heteroatoms. The van der Waals surface area contributed by atoms with Crippen LogP contribution in [0.5, 0.6) is 0 Å². The van der Waals surface area contributed by atoms with E-state index in [9.17, 15) is 47.9 Å². The number of para-hydroxylation sites is 1. The predicted molar refractivity (Wildman–Crippen MR) is 264 cm³/mol. The van der Waals surface area contributed by atoms with Gasteiger partial charge < -0.3 is 64.4 Å². The summed E-state index contributed by atoms with van der Waals surface area (Å²) in [5.74, 6) is -9.61. The Morgan fingerprint density at radius 2 is 1.33 bits per heavy atom. The first-order chi connectivity index (χ1) is 34.0. The molecule has 2 heterocycles. The van der Waals surface area contributed by atoms with E-state index in [1.165, 1.54) is 26.4 Å². The van der Waals surface area contributed by atoms with Gasteiger partial charge in [0.2, 0.25) is 53.0 Å². The van der Waals surface area contributed by atoms with Crippen LogP contribution in [-0.4, -0.2) is 122 Å². The zero-order valence-corrected chi connectivity index (χ0v) is 41.3. The number of carbonyl (C=O) groups excluding carboxylic acids is 10. The molecule has 0 aliphatic rings. The summed E-state index contributed by atoms with van der Waals surface area (Å²) in [6, 6.07) is 8.59. The number of carbonyl (C=O) groups is 10. The first kappa shape index (κ1) is 56.6. The average molecular weight is 998 g/mol. The quantitative estimate of drug-likeness (QED) is 0.0296. The van der Waals surface area contributed by atoms with Crippen molar-refractivity contribution in [1.29, 1.82) is 0 Å². The van der Waals surface area contributed by atoms with E-state index in [2.05, 4.69) is 52.2 Å². The van der Waals surface area contributed by atoms with Gasteiger partial charge in [-0.2, -0.15) is 0 Å². The first-order valence-electron chi connectivity index (χ1n) is 23.6. The highest BCUT2D eigenvalue weighted by Gasteiger charge is 2.38. The maximum Gasteiger partial charge on any atom is 0.287 e. The summed E-state index contributed by atoms with van der Waals surface area (Å²) in [7, 11) is 0. The fourth-order valence-corrected chi connectivity index (χ4v) is 7.56. The largest absolute Gasteiger partial charge is 0.370 e. The van der Waals surface area contributed by atoms with Gasteiger partial charge in [-0.1, -0.05) is 82.6 Å². The normalized spacial score (nSPS) is 14.3. The van der Waals surface area contributed by atoms with Gasteiger partial charge in [0.25, 0.3) is 5.91 Å². The third kappa shape index (κ3) is 16.6. The van der Waals surface area contributed by atoms with Crippen LogP contribution in [0.1, 0.15) is 77.6 Å². The SMILES string of the molecule is CC[C@H](C)[C@H](NC(=O)[C@H](Cc1cnc[nH]1)NC(=O)CNC(=O)[C@@H](NC(=O)C(C)(C)NC(=O)[C@H](Cc1c[nH]c2ccccc12)NC(=O)[C@H](CCC(N)=O)NC(=O)[C@H](N)Cc1ccccc1)C(C)C)C(=O)C(N)=O. The van der Waals surface area contributed by atoms with Crippen LogP contribution in [0.2, 0.25) is 0 Å². The smallest absolute Gasteiger partial charge is 0.287 e. The monoisotopic (exact) mass is 998 g/mol. The lowest BCUT2D eigenvalue weighted by atomic mass is 9.94. The van der Waals surface area contributed by atoms with Crippen LogP contribution < -0.4 is 54.4 Å². The van der Waals surface area contributed by atoms with Crippen molar-refractivity contribution in [1.82, 2.24) is 52.2 Å². The van der Waals surface area contributed by atoms with Crippen LogP contribution in [-0.2, 0) is 67.2 Å². The van der Waals surface area contributed by atoms with E-state index in [0.717, 1.165) is 16.5 Å². The Kier molecular flexibility index (Phi) is 20.7. The maximum atomic E-state index is 14.3. The third-order valence-electron chi connectivity index (χ3n) is 12.0. The van der Waals surface area contributed by atoms with E-state index in [1.54, 1.807) is 64.2 Å². The number of nitrogens with one attached hydrogen (secondary N) is 9. The summed E-state index contributed by atoms with van der Waals surface area (Å²) in [5, 5.41) is 18.9. The Morgan fingerprint density at radius 1 is 0.694 bits per heavy atom. The number of ketones is 1. The van der Waals surface area contributed by atoms with Crippen LogP contribution in [0.25, 0.3) is 10.9 Å². The molecule has 4 rings (SSSR count). The second-order valence-electron chi connectivity index (χ2n) is 18.5. The minimum Gasteiger partial charge on any atom is -0.370 e. The predicted octanol–water partition coefficient (Wildman–Crippen LogP) is -1.30. The minimum atomic E-state index is -1.74. The standard InChI is InChI=1S/C49H67N13O10/c1-7-27(4)40(41(65)42(52)66)60-45(69)36(21-30-23-53-25-56-30)57-38(64)24-55-47(71)39(26(2)3)61-48(72)49(5,6)62-46(70)35(20-29-22-54-33-16-12-11-15-31(29)33)59-44(68)34(17-18-37(51)63)58-43(67)32(50)19-28-13-9-8-10-14-28/h8-16,22-23,25-27,32,34-36,39-40,54H,7,17-21,24,50H2,1-6H3,(H2,51,63)(H2,52,66)(H,53,56)(H,55,71)(H,57,64)(H,58,67)(H,59,68)(H,60,69)(H,61,72)(H,62,70)/t27-,32+,34-,35-,36-,39-,40-/m0/s1. The molecule has 0 radical (unpaired) electrons. The van der Waals surface area contributed by atoms with E-state index < -0.39 is 119 Å². The lowest BCUT2D eigenvalue weighted by molar-refractivity contribution is -0.139. The number of amides is 9. The van der Waals surface area contributed by atoms with Gasteiger partial charge >= 0.3 is 0 Å². The zero-order chi connectivity index (χ0) is 53.3. The highest BCUT2D eigenvalue weighted by atomic mass is 16.2. The van der Waals surface area contributed by atoms with Gasteiger partial charge in [0, 0.05) is 48.3 Å². The van der Waals surface area contributed by atoms with E-state index in [4.69, 9.17) is 17.2 Å². The average Bonchev–Trinajstić information content (AvgIpc) is 4.01. The van der Waals surface area contributed by atoms with Crippen molar-refractivity contribution in [2.45, 2.75) is 122 Å². The molecular weight excluding hydrogens is 931 g/mol. The number of primary amides is 2. The molecule has 15 N–H and O–H groups in total. The van der Waals surface area contributed by atoms with Crippen molar-refractivity contribution in [3.05, 3.63) is 90.1 Å². The Hall–Kier alpha value is -7.95. The summed E-state index contributed by atoms with van der Waals surface area (Å²) >= 11 is 0. The molecule has 0 saturated carbocycles. The number of fused-ring (bicyclic) bond motifs is 1. The van der Waals surface area contributed by atoms with Gasteiger partial charge in [-0.3, -0.25) is 47.9 Å². The Morgan fingerprint density at radius 3 is 1.96 bits per heavy atom. The molecule has 2 aromatic carbocycles. The molecule has 23 nitrogen and oxygen atoms in total. The topological polar surface area (TPSA) is 377 Å². The van der Waals surface area contributed by atoms with Crippen molar-refractivity contribution >= 4 is 69.9 Å². The lowest BCUT2D eigenvalue weighted by Crippen LogP contribution is -2.63. The number of imidazole rings is 1. The van der Waals surface area contributed by atoms with Crippen LogP contribution >= 0.6 is 0 Å². The van der Waals surface area contributed by atoms with E-state index >= 15 is 0 Å². The lowest BCUT2D eigenvalue weighted by Gasteiger charge is -2.31. The van der Waals surface area contributed by atoms with Crippen molar-refractivity contribution in [3.63, 3.8) is 0 Å². The molecule has 0 saturated heterocycles. The summed E-state index contributed by atoms with van der Waals surface area (Å²) in [5.41, 5.74) is 17.7. The number of nitrogens with zero attached hydrogens (tertiary/aromatic N) is 1. The number of hydrogen-bond acceptors (Lipinski definition) is 12. The number of rotatable bonds is 28. The fraction of sp³-hybridized carbons (Fsp3) is 0.449. The molecule has 4 aromatic rings. The number of benzene rings is 2. The van der Waals surface area contributed by atoms with E-state index in [0.29, 0.717) is 17.7 Å². The van der Waals surface area contributed by atoms with E-state index in [-0.39, 0.29) is 32.1 Å². The second-order valence-corrected chi connectivity index (χ2v) is 18.5. The maximum absolute atomic E-state index is 14.3. The van der Waals surface area contributed by atoms with Crippen LogP contribution in [0.3, 0.4) is 0 Å². The number of aromatic nitrogens is 3. The van der Waals surface area contributed by atoms with Gasteiger partial charge in [-0.05, 0) is 55.7 Å². The van der Waals surface area contributed by atoms with Crippen molar-refractivity contribution in [2.24, 2.45) is 29.0 Å². The number of Topliss-reactive ketones (excluding diaryl/α,β-unsaturated/α-hetero) is 1. The molecular formula is C49H67N13O10. The molecule has 388 valence electrons.